The van der Waals surface area contributed by atoms with E-state index in [1.54, 1.807) is 31.4 Å². The number of hydrogen-bond acceptors (Lipinski definition) is 7. The van der Waals surface area contributed by atoms with Gasteiger partial charge in [0.2, 0.25) is 0 Å². The Balaban J connectivity index is 1.29. The van der Waals surface area contributed by atoms with Crippen molar-refractivity contribution < 1.29 is 24.4 Å². The third-order valence-corrected chi connectivity index (χ3v) is 5.90. The second kappa shape index (κ2) is 13.2. The molecule has 1 saturated heterocycles. The number of ether oxygens (including phenoxy) is 3. The lowest BCUT2D eigenvalue weighted by molar-refractivity contribution is 0.0556. The smallest absolute Gasteiger partial charge is 0.123 e. The van der Waals surface area contributed by atoms with E-state index in [1.807, 2.05) is 18.2 Å². The number of aliphatic hydroxyl groups excluding tert-OH is 2. The van der Waals surface area contributed by atoms with E-state index in [0.717, 1.165) is 31.7 Å². The van der Waals surface area contributed by atoms with Crippen molar-refractivity contribution >= 4 is 23.2 Å². The summed E-state index contributed by atoms with van der Waals surface area (Å²) in [5.41, 5.74) is 0. The lowest BCUT2D eigenvalue weighted by Gasteiger charge is -2.33. The summed E-state index contributed by atoms with van der Waals surface area (Å²) in [6.07, 6.45) is 0.679. The van der Waals surface area contributed by atoms with Crippen LogP contribution in [0.3, 0.4) is 0 Å². The Bertz CT molecular complexity index is 844. The zero-order valence-electron chi connectivity index (χ0n) is 18.8. The van der Waals surface area contributed by atoms with Crippen LogP contribution in [0.1, 0.15) is 12.8 Å². The van der Waals surface area contributed by atoms with E-state index < -0.39 is 12.2 Å². The molecule has 1 aliphatic rings. The average molecular weight is 499 g/mol. The highest BCUT2D eigenvalue weighted by Crippen LogP contribution is 2.24. The number of hydrogen-bond donors (Lipinski definition) is 3. The van der Waals surface area contributed by atoms with Gasteiger partial charge in [-0.3, -0.25) is 0 Å². The van der Waals surface area contributed by atoms with Crippen LogP contribution in [0.25, 0.3) is 0 Å². The maximum atomic E-state index is 10.3. The molecule has 2 atom stereocenters. The predicted molar refractivity (Wildman–Crippen MR) is 130 cm³/mol. The van der Waals surface area contributed by atoms with Gasteiger partial charge in [-0.05, 0) is 56.3 Å². The van der Waals surface area contributed by atoms with Gasteiger partial charge in [0.1, 0.15) is 42.7 Å². The number of piperidine rings is 1. The molecule has 0 radical (unpaired) electrons. The van der Waals surface area contributed by atoms with Crippen LogP contribution in [-0.2, 0) is 0 Å². The van der Waals surface area contributed by atoms with Gasteiger partial charge in [0.15, 0.2) is 0 Å². The fourth-order valence-corrected chi connectivity index (χ4v) is 4.23. The van der Waals surface area contributed by atoms with Crippen LogP contribution in [0.5, 0.6) is 17.2 Å². The van der Waals surface area contributed by atoms with E-state index >= 15 is 0 Å². The quantitative estimate of drug-likeness (QED) is 0.414. The van der Waals surface area contributed by atoms with E-state index in [0.29, 0.717) is 40.7 Å². The van der Waals surface area contributed by atoms with Crippen LogP contribution in [0.15, 0.2) is 42.5 Å². The summed E-state index contributed by atoms with van der Waals surface area (Å²) in [6, 6.07) is 12.6. The van der Waals surface area contributed by atoms with Gasteiger partial charge in [0.25, 0.3) is 0 Å². The second-order valence-corrected chi connectivity index (χ2v) is 9.07. The first-order valence-corrected chi connectivity index (χ1v) is 11.8. The predicted octanol–water partition coefficient (Wildman–Crippen LogP) is 3.24. The van der Waals surface area contributed by atoms with Crippen molar-refractivity contribution in [1.29, 1.82) is 0 Å². The van der Waals surface area contributed by atoms with Gasteiger partial charge in [0, 0.05) is 35.2 Å². The van der Waals surface area contributed by atoms with Crippen molar-refractivity contribution in [3.8, 4) is 17.2 Å². The Labute approximate surface area is 205 Å². The second-order valence-electron chi connectivity index (χ2n) is 8.20. The highest BCUT2D eigenvalue weighted by Gasteiger charge is 2.21. The molecule has 0 saturated carbocycles. The summed E-state index contributed by atoms with van der Waals surface area (Å²) in [4.78, 5) is 2.22. The van der Waals surface area contributed by atoms with Gasteiger partial charge in [-0.2, -0.15) is 0 Å². The first kappa shape index (κ1) is 25.9. The first-order chi connectivity index (χ1) is 15.9. The number of β-amino-alcohol motifs (C(OH)–C–C–N with tert-alkyl or cyclic N) is 1. The summed E-state index contributed by atoms with van der Waals surface area (Å²) in [5.74, 6) is 1.93. The molecule has 1 heterocycles. The number of benzene rings is 2. The minimum Gasteiger partial charge on any atom is -0.497 e. The summed E-state index contributed by atoms with van der Waals surface area (Å²) < 4.78 is 16.4. The summed E-state index contributed by atoms with van der Waals surface area (Å²) >= 11 is 11.9. The third-order valence-electron chi connectivity index (χ3n) is 5.46. The molecule has 182 valence electrons. The minimum absolute atomic E-state index is 0.175. The molecule has 0 bridgehead atoms. The maximum absolute atomic E-state index is 10.3. The van der Waals surface area contributed by atoms with Crippen LogP contribution < -0.4 is 19.5 Å². The van der Waals surface area contributed by atoms with Crippen LogP contribution in [0, 0.1) is 0 Å². The molecule has 2 aromatic rings. The lowest BCUT2D eigenvalue weighted by Crippen LogP contribution is -2.47. The summed E-state index contributed by atoms with van der Waals surface area (Å²) in [7, 11) is 1.61. The minimum atomic E-state index is -0.608. The molecule has 7 nitrogen and oxygen atoms in total. The first-order valence-electron chi connectivity index (χ1n) is 11.1. The fraction of sp³-hybridized carbons (Fsp3) is 0.500. The number of halogens is 2. The molecular formula is C24H32Cl2N2O5. The summed E-state index contributed by atoms with van der Waals surface area (Å²) in [5, 5.41) is 25.0. The van der Waals surface area contributed by atoms with Crippen molar-refractivity contribution in [1.82, 2.24) is 10.2 Å². The van der Waals surface area contributed by atoms with Crippen LogP contribution in [0.2, 0.25) is 10.0 Å². The Morgan fingerprint density at radius 3 is 2.27 bits per heavy atom. The lowest BCUT2D eigenvalue weighted by atomic mass is 10.0. The van der Waals surface area contributed by atoms with E-state index in [4.69, 9.17) is 37.4 Å². The highest BCUT2D eigenvalue weighted by molar-refractivity contribution is 6.34. The number of likely N-dealkylation sites (tertiary alicyclic amines) is 1. The molecule has 9 heteroatoms. The SMILES string of the molecule is COc1cccc(OC[C@@H](O)CNC2CCN(C[C@@H](O)COc3cc(Cl)cc(Cl)c3)CC2)c1. The fourth-order valence-electron chi connectivity index (χ4n) is 3.72. The molecule has 2 aromatic carbocycles. The maximum Gasteiger partial charge on any atom is 0.123 e. The largest absolute Gasteiger partial charge is 0.497 e. The Morgan fingerprint density at radius 2 is 1.58 bits per heavy atom. The molecule has 1 fully saturated rings. The Morgan fingerprint density at radius 1 is 0.939 bits per heavy atom. The van der Waals surface area contributed by atoms with Gasteiger partial charge >= 0.3 is 0 Å². The van der Waals surface area contributed by atoms with E-state index in [1.165, 1.54) is 0 Å². The normalized spacial score (nSPS) is 16.9. The monoisotopic (exact) mass is 498 g/mol. The average Bonchev–Trinajstić information content (AvgIpc) is 2.80. The van der Waals surface area contributed by atoms with Gasteiger partial charge in [-0.1, -0.05) is 29.3 Å². The van der Waals surface area contributed by atoms with Gasteiger partial charge in [-0.25, -0.2) is 0 Å². The van der Waals surface area contributed by atoms with Crippen LogP contribution in [0.4, 0.5) is 0 Å². The summed E-state index contributed by atoms with van der Waals surface area (Å²) in [6.45, 7) is 3.13. The number of nitrogens with zero attached hydrogens (tertiary/aromatic N) is 1. The van der Waals surface area contributed by atoms with E-state index in [9.17, 15) is 10.2 Å². The van der Waals surface area contributed by atoms with Crippen LogP contribution in [-0.4, -0.2) is 79.9 Å². The highest BCUT2D eigenvalue weighted by atomic mass is 35.5. The Hall–Kier alpha value is -1.74. The third kappa shape index (κ3) is 9.20. The molecule has 3 rings (SSSR count). The number of rotatable bonds is 12. The van der Waals surface area contributed by atoms with Gasteiger partial charge in [0.05, 0.1) is 7.11 Å². The van der Waals surface area contributed by atoms with Crippen molar-refractivity contribution in [2.45, 2.75) is 31.1 Å². The molecule has 3 N–H and O–H groups in total. The number of nitrogens with one attached hydrogen (secondary N) is 1. The molecular weight excluding hydrogens is 467 g/mol. The zero-order valence-corrected chi connectivity index (χ0v) is 20.3. The molecule has 33 heavy (non-hydrogen) atoms. The van der Waals surface area contributed by atoms with E-state index in [2.05, 4.69) is 10.2 Å². The van der Waals surface area contributed by atoms with Crippen molar-refractivity contribution in [3.63, 3.8) is 0 Å². The zero-order chi connectivity index (χ0) is 23.6. The van der Waals surface area contributed by atoms with Crippen molar-refractivity contribution in [2.75, 3.05) is 46.5 Å². The standard InChI is InChI=1S/C24H32Cl2N2O5/c1-31-22-3-2-4-23(12-22)32-15-20(29)13-27-19-5-7-28(8-6-19)14-21(30)16-33-24-10-17(25)9-18(26)11-24/h2-4,9-12,19-21,27,29-30H,5-8,13-16H2,1H3/t20-,21+/m0/s1. The van der Waals surface area contributed by atoms with E-state index in [-0.39, 0.29) is 13.2 Å². The van der Waals surface area contributed by atoms with Gasteiger partial charge < -0.3 is 34.6 Å². The topological polar surface area (TPSA) is 83.4 Å². The van der Waals surface area contributed by atoms with Crippen molar-refractivity contribution in [3.05, 3.63) is 52.5 Å². The van der Waals surface area contributed by atoms with Crippen molar-refractivity contribution in [2.24, 2.45) is 0 Å². The Kier molecular flexibility index (Phi) is 10.4. The molecule has 1 aliphatic heterocycles. The number of aliphatic hydroxyl groups is 2. The molecule has 0 amide bonds. The van der Waals surface area contributed by atoms with Crippen LogP contribution >= 0.6 is 23.2 Å². The molecule has 0 aliphatic carbocycles. The molecule has 0 unspecified atom stereocenters. The number of methoxy groups -OCH3 is 1. The molecule has 0 spiro atoms. The molecule has 0 aromatic heterocycles. The van der Waals surface area contributed by atoms with Gasteiger partial charge in [-0.15, -0.1) is 0 Å².